The lowest BCUT2D eigenvalue weighted by Crippen LogP contribution is -2.61. The van der Waals surface area contributed by atoms with E-state index in [1.54, 1.807) is 12.1 Å². The van der Waals surface area contributed by atoms with Crippen molar-refractivity contribution in [1.82, 2.24) is 10.2 Å². The maximum Gasteiger partial charge on any atom is 0.252 e. The van der Waals surface area contributed by atoms with E-state index in [1.165, 1.54) is 17.7 Å². The predicted molar refractivity (Wildman–Crippen MR) is 111 cm³/mol. The van der Waals surface area contributed by atoms with Crippen LogP contribution in [-0.2, 0) is 20.7 Å². The first-order valence-electron chi connectivity index (χ1n) is 10.7. The zero-order valence-electron chi connectivity index (χ0n) is 17.0. The number of hydrogen-bond donors (Lipinski definition) is 1. The van der Waals surface area contributed by atoms with Crippen molar-refractivity contribution in [1.29, 1.82) is 0 Å². The summed E-state index contributed by atoms with van der Waals surface area (Å²) in [6, 6.07) is 14.5. The Bertz CT molecular complexity index is 901. The second kappa shape index (κ2) is 8.10. The van der Waals surface area contributed by atoms with E-state index in [2.05, 4.69) is 17.4 Å². The zero-order chi connectivity index (χ0) is 20.6. The summed E-state index contributed by atoms with van der Waals surface area (Å²) in [7, 11) is 0. The Labute approximate surface area is 176 Å². The number of ether oxygens (including phenoxy) is 2. The zero-order valence-corrected chi connectivity index (χ0v) is 17.0. The molecule has 158 valence electrons. The van der Waals surface area contributed by atoms with Gasteiger partial charge in [-0.1, -0.05) is 36.4 Å². The van der Waals surface area contributed by atoms with Gasteiger partial charge in [0.2, 0.25) is 0 Å². The summed E-state index contributed by atoms with van der Waals surface area (Å²) in [5.74, 6) is -0.255. The Morgan fingerprint density at radius 1 is 1.13 bits per heavy atom. The van der Waals surface area contributed by atoms with Crippen LogP contribution in [-0.4, -0.2) is 55.4 Å². The average Bonchev–Trinajstić information content (AvgIpc) is 2.80. The van der Waals surface area contributed by atoms with Crippen LogP contribution in [0.3, 0.4) is 0 Å². The summed E-state index contributed by atoms with van der Waals surface area (Å²) >= 11 is 0. The Morgan fingerprint density at radius 2 is 1.97 bits per heavy atom. The molecule has 6 heteroatoms. The van der Waals surface area contributed by atoms with Gasteiger partial charge in [0.05, 0.1) is 31.4 Å². The second-order valence-electron chi connectivity index (χ2n) is 8.53. The first kappa shape index (κ1) is 19.7. The van der Waals surface area contributed by atoms with E-state index in [1.807, 2.05) is 17.0 Å². The SMILES string of the molecule is O=C([C@H]1CC[C@@]2(COCCN2)CO1)N1CCc2ccccc2[C@@H]1c1ccc(F)cc1. The van der Waals surface area contributed by atoms with Gasteiger partial charge in [-0.3, -0.25) is 4.79 Å². The molecule has 5 nitrogen and oxygen atoms in total. The van der Waals surface area contributed by atoms with Gasteiger partial charge in [0.25, 0.3) is 5.91 Å². The largest absolute Gasteiger partial charge is 0.378 e. The Kier molecular flexibility index (Phi) is 5.31. The first-order chi connectivity index (χ1) is 14.7. The van der Waals surface area contributed by atoms with Crippen LogP contribution < -0.4 is 5.32 Å². The van der Waals surface area contributed by atoms with Crippen LogP contribution in [0.1, 0.15) is 35.6 Å². The molecule has 0 aliphatic carbocycles. The lowest BCUT2D eigenvalue weighted by molar-refractivity contribution is -0.156. The summed E-state index contributed by atoms with van der Waals surface area (Å²) in [5.41, 5.74) is 3.10. The number of nitrogens with zero attached hydrogens (tertiary/aromatic N) is 1. The van der Waals surface area contributed by atoms with Crippen molar-refractivity contribution in [3.8, 4) is 0 Å². The van der Waals surface area contributed by atoms with Gasteiger partial charge in [0.1, 0.15) is 11.9 Å². The predicted octanol–water partition coefficient (Wildman–Crippen LogP) is 2.84. The third kappa shape index (κ3) is 3.64. The molecule has 30 heavy (non-hydrogen) atoms. The van der Waals surface area contributed by atoms with E-state index in [-0.39, 0.29) is 23.3 Å². The first-order valence-corrected chi connectivity index (χ1v) is 10.7. The topological polar surface area (TPSA) is 50.8 Å². The molecule has 3 heterocycles. The number of benzene rings is 2. The Balaban J connectivity index is 1.39. The number of amides is 1. The van der Waals surface area contributed by atoms with Gasteiger partial charge in [-0.05, 0) is 48.1 Å². The fourth-order valence-corrected chi connectivity index (χ4v) is 4.97. The number of halogens is 1. The van der Waals surface area contributed by atoms with E-state index in [9.17, 15) is 9.18 Å². The fraction of sp³-hybridized carbons (Fsp3) is 0.458. The highest BCUT2D eigenvalue weighted by Crippen LogP contribution is 2.37. The molecular weight excluding hydrogens is 383 g/mol. The molecule has 1 N–H and O–H groups in total. The van der Waals surface area contributed by atoms with Crippen LogP contribution in [0, 0.1) is 5.82 Å². The maximum atomic E-state index is 13.6. The van der Waals surface area contributed by atoms with Crippen LogP contribution in [0.5, 0.6) is 0 Å². The number of rotatable bonds is 2. The van der Waals surface area contributed by atoms with E-state index in [4.69, 9.17) is 9.47 Å². The summed E-state index contributed by atoms with van der Waals surface area (Å²) in [6.45, 7) is 3.27. The minimum atomic E-state index is -0.451. The second-order valence-corrected chi connectivity index (χ2v) is 8.53. The van der Waals surface area contributed by atoms with E-state index >= 15 is 0 Å². The molecule has 2 aromatic carbocycles. The number of nitrogens with one attached hydrogen (secondary N) is 1. The van der Waals surface area contributed by atoms with Crippen molar-refractivity contribution < 1.29 is 18.7 Å². The van der Waals surface area contributed by atoms with Crippen LogP contribution in [0.25, 0.3) is 0 Å². The number of morpholine rings is 1. The molecule has 0 saturated carbocycles. The van der Waals surface area contributed by atoms with Crippen molar-refractivity contribution in [3.63, 3.8) is 0 Å². The third-order valence-electron chi connectivity index (χ3n) is 6.60. The van der Waals surface area contributed by atoms with Crippen molar-refractivity contribution in [3.05, 3.63) is 71.0 Å². The van der Waals surface area contributed by atoms with E-state index in [0.717, 1.165) is 37.1 Å². The molecule has 2 aromatic rings. The summed E-state index contributed by atoms with van der Waals surface area (Å²) in [5, 5.41) is 3.52. The molecule has 0 aromatic heterocycles. The van der Waals surface area contributed by atoms with Gasteiger partial charge < -0.3 is 19.7 Å². The molecule has 0 bridgehead atoms. The van der Waals surface area contributed by atoms with Crippen molar-refractivity contribution in [2.45, 2.75) is 36.9 Å². The molecule has 3 atom stereocenters. The molecule has 1 amide bonds. The summed E-state index contributed by atoms with van der Waals surface area (Å²) in [6.07, 6.45) is 1.89. The van der Waals surface area contributed by atoms with Gasteiger partial charge >= 0.3 is 0 Å². The highest BCUT2D eigenvalue weighted by molar-refractivity contribution is 5.82. The van der Waals surface area contributed by atoms with Gasteiger partial charge in [-0.25, -0.2) is 4.39 Å². The minimum Gasteiger partial charge on any atom is -0.378 e. The quantitative estimate of drug-likeness (QED) is 0.827. The highest BCUT2D eigenvalue weighted by atomic mass is 19.1. The molecule has 3 aliphatic heterocycles. The van der Waals surface area contributed by atoms with Crippen LogP contribution in [0.15, 0.2) is 48.5 Å². The lowest BCUT2D eigenvalue weighted by Gasteiger charge is -2.45. The van der Waals surface area contributed by atoms with Crippen LogP contribution >= 0.6 is 0 Å². The Morgan fingerprint density at radius 3 is 2.70 bits per heavy atom. The molecule has 3 aliphatic rings. The molecule has 0 radical (unpaired) electrons. The number of carbonyl (C=O) groups excluding carboxylic acids is 1. The number of carbonyl (C=O) groups is 1. The monoisotopic (exact) mass is 410 g/mol. The maximum absolute atomic E-state index is 13.6. The van der Waals surface area contributed by atoms with E-state index in [0.29, 0.717) is 26.2 Å². The molecule has 5 rings (SSSR count). The third-order valence-corrected chi connectivity index (χ3v) is 6.60. The number of fused-ring (bicyclic) bond motifs is 1. The molecule has 0 unspecified atom stereocenters. The number of hydrogen-bond acceptors (Lipinski definition) is 4. The van der Waals surface area contributed by atoms with Gasteiger partial charge in [0, 0.05) is 13.1 Å². The van der Waals surface area contributed by atoms with Crippen LogP contribution in [0.4, 0.5) is 4.39 Å². The molecule has 1 spiro atoms. The van der Waals surface area contributed by atoms with Gasteiger partial charge in [-0.2, -0.15) is 0 Å². The summed E-state index contributed by atoms with van der Waals surface area (Å²) in [4.78, 5) is 15.5. The highest BCUT2D eigenvalue weighted by Gasteiger charge is 2.42. The summed E-state index contributed by atoms with van der Waals surface area (Å²) < 4.78 is 25.3. The van der Waals surface area contributed by atoms with Crippen molar-refractivity contribution in [2.24, 2.45) is 0 Å². The van der Waals surface area contributed by atoms with Crippen molar-refractivity contribution >= 4 is 5.91 Å². The molecule has 2 fully saturated rings. The minimum absolute atomic E-state index is 0.0189. The van der Waals surface area contributed by atoms with E-state index < -0.39 is 6.10 Å². The van der Waals surface area contributed by atoms with Gasteiger partial charge in [0.15, 0.2) is 0 Å². The van der Waals surface area contributed by atoms with Gasteiger partial charge in [-0.15, -0.1) is 0 Å². The molecular formula is C24H27FN2O3. The van der Waals surface area contributed by atoms with Crippen molar-refractivity contribution in [2.75, 3.05) is 32.9 Å². The smallest absolute Gasteiger partial charge is 0.252 e. The average molecular weight is 410 g/mol. The standard InChI is InChI=1S/C24H27FN2O3/c25-19-7-5-18(6-8-19)22-20-4-2-1-3-17(20)10-13-27(22)23(28)21-9-11-24(16-30-21)15-29-14-12-26-24/h1-8,21-22,26H,9-16H2/t21-,22+,24-/m1/s1. The Hall–Kier alpha value is -2.28. The molecule has 2 saturated heterocycles. The normalized spacial score (nSPS) is 28.9. The van der Waals surface area contributed by atoms with Crippen LogP contribution in [0.2, 0.25) is 0 Å². The fourth-order valence-electron chi connectivity index (χ4n) is 4.97. The lowest BCUT2D eigenvalue weighted by atomic mass is 9.86.